The molecule has 4 heterocycles. The summed E-state index contributed by atoms with van der Waals surface area (Å²) in [6, 6.07) is 20.1. The third-order valence-electron chi connectivity index (χ3n) is 9.15. The van der Waals surface area contributed by atoms with E-state index in [9.17, 15) is 14.7 Å². The van der Waals surface area contributed by atoms with Gasteiger partial charge >= 0.3 is 12.0 Å². The average molecular weight is 585 g/mol. The van der Waals surface area contributed by atoms with E-state index in [2.05, 4.69) is 50.0 Å². The Labute approximate surface area is 253 Å². The first-order valence-electron chi connectivity index (χ1n) is 15.3. The zero-order chi connectivity index (χ0) is 29.9. The molecule has 3 fully saturated rings. The smallest absolute Gasteiger partial charge is 0.335 e. The van der Waals surface area contributed by atoms with Gasteiger partial charge in [-0.1, -0.05) is 36.4 Å². The van der Waals surface area contributed by atoms with E-state index in [4.69, 9.17) is 9.47 Å². The number of ether oxygens (including phenoxy) is 2. The number of piperidine rings is 1. The van der Waals surface area contributed by atoms with Gasteiger partial charge in [0.15, 0.2) is 0 Å². The van der Waals surface area contributed by atoms with Crippen LogP contribution in [-0.4, -0.2) is 81.7 Å². The zero-order valence-corrected chi connectivity index (χ0v) is 24.9. The summed E-state index contributed by atoms with van der Waals surface area (Å²) in [5, 5.41) is 9.27. The van der Waals surface area contributed by atoms with Crippen molar-refractivity contribution in [3.8, 4) is 11.6 Å². The quantitative estimate of drug-likeness (QED) is 0.357. The fraction of sp³-hybridized carbons (Fsp3) is 0.441. The molecular weight excluding hydrogens is 544 g/mol. The molecule has 1 unspecified atom stereocenters. The Morgan fingerprint density at radius 2 is 1.72 bits per heavy atom. The number of hydrogen-bond acceptors (Lipinski definition) is 6. The second-order valence-electron chi connectivity index (χ2n) is 11.9. The lowest BCUT2D eigenvalue weighted by Crippen LogP contribution is -2.48. The molecule has 1 atom stereocenters. The Morgan fingerprint density at radius 1 is 0.977 bits per heavy atom. The van der Waals surface area contributed by atoms with Crippen molar-refractivity contribution in [2.24, 2.45) is 0 Å². The number of aromatic carboxylic acids is 1. The van der Waals surface area contributed by atoms with Gasteiger partial charge in [0.05, 0.1) is 11.6 Å². The minimum absolute atomic E-state index is 0.0798. The number of hydrogen-bond donors (Lipinski definition) is 1. The highest BCUT2D eigenvalue weighted by Crippen LogP contribution is 2.37. The number of nitrogens with zero attached hydrogens (tertiary/aromatic N) is 4. The number of benzene rings is 2. The molecule has 3 saturated heterocycles. The lowest BCUT2D eigenvalue weighted by Gasteiger charge is -2.39. The summed E-state index contributed by atoms with van der Waals surface area (Å²) in [6.07, 6.45) is 3.70. The standard InChI is InChI=1S/C34H40N4O5/c1-23-20-29(9-10-30(23)33(39)40)43-32-11-8-26(24(2)35-32)21-36-16-12-28(13-17-36)38-31(25-6-4-3-5-7-25)22-37(34(38)41)27-14-18-42-19-15-27/h3-11,20,27-28,31H,12-19,21-22H2,1-2H3,(H,39,40). The number of amides is 2. The Bertz CT molecular complexity index is 1450. The first-order chi connectivity index (χ1) is 20.9. The van der Waals surface area contributed by atoms with Crippen LogP contribution in [0.4, 0.5) is 4.79 Å². The van der Waals surface area contributed by atoms with E-state index < -0.39 is 5.97 Å². The maximum Gasteiger partial charge on any atom is 0.335 e. The molecule has 3 aliphatic heterocycles. The number of pyridine rings is 1. The number of aryl methyl sites for hydroxylation is 2. The highest BCUT2D eigenvalue weighted by Gasteiger charge is 2.45. The van der Waals surface area contributed by atoms with E-state index in [1.807, 2.05) is 19.1 Å². The number of carboxylic acid groups (broad SMARTS) is 1. The van der Waals surface area contributed by atoms with Crippen LogP contribution in [0, 0.1) is 13.8 Å². The van der Waals surface area contributed by atoms with Crippen molar-refractivity contribution in [2.75, 3.05) is 32.8 Å². The van der Waals surface area contributed by atoms with Crippen LogP contribution in [0.1, 0.15) is 64.5 Å². The molecule has 1 aromatic heterocycles. The van der Waals surface area contributed by atoms with Gasteiger partial charge < -0.3 is 24.4 Å². The Morgan fingerprint density at radius 3 is 2.40 bits per heavy atom. The number of carbonyl (C=O) groups is 2. The van der Waals surface area contributed by atoms with Crippen LogP contribution >= 0.6 is 0 Å². The minimum atomic E-state index is -0.952. The molecule has 0 spiro atoms. The van der Waals surface area contributed by atoms with E-state index in [1.165, 1.54) is 5.56 Å². The molecule has 9 heteroatoms. The van der Waals surface area contributed by atoms with Gasteiger partial charge in [0.2, 0.25) is 5.88 Å². The summed E-state index contributed by atoms with van der Waals surface area (Å²) in [5.74, 6) is 0.0901. The number of rotatable bonds is 8. The van der Waals surface area contributed by atoms with Crippen molar-refractivity contribution in [1.82, 2.24) is 19.7 Å². The molecule has 0 aliphatic carbocycles. The summed E-state index contributed by atoms with van der Waals surface area (Å²) in [4.78, 5) is 36.6. The molecule has 226 valence electrons. The Balaban J connectivity index is 1.09. The number of carboxylic acids is 1. The molecule has 1 N–H and O–H groups in total. The van der Waals surface area contributed by atoms with Gasteiger partial charge in [0, 0.05) is 63.2 Å². The van der Waals surface area contributed by atoms with Gasteiger partial charge in [0.25, 0.3) is 0 Å². The van der Waals surface area contributed by atoms with E-state index >= 15 is 0 Å². The Hall–Kier alpha value is -3.95. The van der Waals surface area contributed by atoms with Gasteiger partial charge in [-0.2, -0.15) is 0 Å². The maximum absolute atomic E-state index is 13.9. The second-order valence-corrected chi connectivity index (χ2v) is 11.9. The van der Waals surface area contributed by atoms with Gasteiger partial charge in [-0.25, -0.2) is 14.6 Å². The molecule has 43 heavy (non-hydrogen) atoms. The SMILES string of the molecule is Cc1cc(Oc2ccc(CN3CCC(N4C(=O)N(C5CCOCC5)CC4c4ccccc4)CC3)c(C)n2)ccc1C(=O)O. The molecule has 3 aliphatic rings. The maximum atomic E-state index is 13.9. The largest absolute Gasteiger partial charge is 0.478 e. The molecule has 0 saturated carbocycles. The first-order valence-corrected chi connectivity index (χ1v) is 15.3. The van der Waals surface area contributed by atoms with Crippen molar-refractivity contribution >= 4 is 12.0 Å². The Kier molecular flexibility index (Phi) is 8.63. The monoisotopic (exact) mass is 584 g/mol. The van der Waals surface area contributed by atoms with Crippen LogP contribution < -0.4 is 4.74 Å². The summed E-state index contributed by atoms with van der Waals surface area (Å²) in [6.45, 7) is 8.57. The summed E-state index contributed by atoms with van der Waals surface area (Å²) >= 11 is 0. The van der Waals surface area contributed by atoms with Crippen molar-refractivity contribution in [3.05, 3.63) is 88.6 Å². The number of carbonyl (C=O) groups excluding carboxylic acids is 1. The molecule has 0 bridgehead atoms. The highest BCUT2D eigenvalue weighted by molar-refractivity contribution is 5.89. The molecule has 6 rings (SSSR count). The molecule has 2 aromatic carbocycles. The predicted octanol–water partition coefficient (Wildman–Crippen LogP) is 5.81. The highest BCUT2D eigenvalue weighted by atomic mass is 16.5. The average Bonchev–Trinajstić information content (AvgIpc) is 3.36. The van der Waals surface area contributed by atoms with Gasteiger partial charge in [-0.05, 0) is 74.4 Å². The van der Waals surface area contributed by atoms with Crippen LogP contribution in [0.15, 0.2) is 60.7 Å². The summed E-state index contributed by atoms with van der Waals surface area (Å²) < 4.78 is 11.5. The fourth-order valence-electron chi connectivity index (χ4n) is 6.74. The first kappa shape index (κ1) is 29.1. The number of likely N-dealkylation sites (tertiary alicyclic amines) is 1. The predicted molar refractivity (Wildman–Crippen MR) is 162 cm³/mol. The van der Waals surface area contributed by atoms with Gasteiger partial charge in [-0.15, -0.1) is 0 Å². The van der Waals surface area contributed by atoms with Gasteiger partial charge in [-0.3, -0.25) is 4.90 Å². The molecule has 0 radical (unpaired) electrons. The molecule has 2 amide bonds. The van der Waals surface area contributed by atoms with Crippen LogP contribution in [0.2, 0.25) is 0 Å². The normalized spacial score (nSPS) is 20.5. The van der Waals surface area contributed by atoms with Crippen LogP contribution in [-0.2, 0) is 11.3 Å². The topological polar surface area (TPSA) is 95.4 Å². The van der Waals surface area contributed by atoms with E-state index in [0.29, 0.717) is 17.2 Å². The van der Waals surface area contributed by atoms with Crippen LogP contribution in [0.3, 0.4) is 0 Å². The molecule has 9 nitrogen and oxygen atoms in total. The van der Waals surface area contributed by atoms with Crippen LogP contribution in [0.25, 0.3) is 0 Å². The number of urea groups is 1. The third kappa shape index (κ3) is 6.38. The fourth-order valence-corrected chi connectivity index (χ4v) is 6.74. The van der Waals surface area contributed by atoms with Crippen molar-refractivity contribution in [3.63, 3.8) is 0 Å². The van der Waals surface area contributed by atoms with Gasteiger partial charge in [0.1, 0.15) is 5.75 Å². The lowest BCUT2D eigenvalue weighted by molar-refractivity contribution is 0.0493. The zero-order valence-electron chi connectivity index (χ0n) is 24.9. The minimum Gasteiger partial charge on any atom is -0.478 e. The third-order valence-corrected chi connectivity index (χ3v) is 9.15. The van der Waals surface area contributed by atoms with Crippen LogP contribution in [0.5, 0.6) is 11.6 Å². The summed E-state index contributed by atoms with van der Waals surface area (Å²) in [5.41, 5.74) is 4.17. The molecule has 3 aromatic rings. The molecular formula is C34H40N4O5. The van der Waals surface area contributed by atoms with E-state index in [0.717, 1.165) is 76.3 Å². The van der Waals surface area contributed by atoms with Crippen molar-refractivity contribution in [2.45, 2.75) is 64.2 Å². The number of aromatic nitrogens is 1. The second kappa shape index (κ2) is 12.7. The summed E-state index contributed by atoms with van der Waals surface area (Å²) in [7, 11) is 0. The van der Waals surface area contributed by atoms with Crippen molar-refractivity contribution < 1.29 is 24.2 Å². The van der Waals surface area contributed by atoms with E-state index in [1.54, 1.807) is 25.1 Å². The van der Waals surface area contributed by atoms with E-state index in [-0.39, 0.29) is 29.7 Å². The lowest BCUT2D eigenvalue weighted by atomic mass is 9.98. The van der Waals surface area contributed by atoms with Crippen molar-refractivity contribution in [1.29, 1.82) is 0 Å².